The standard InChI is InChI=1S/C12H21N3O4S/c1-8(2)5-15-10(13-7-14-15)6-20(18,19)11(9(3)4)12(16)17/h7-9,11H,5-6H2,1-4H3,(H,16,17). The molecule has 0 radical (unpaired) electrons. The number of carbonyl (C=O) groups is 1. The van der Waals surface area contributed by atoms with Gasteiger partial charge < -0.3 is 5.11 Å². The largest absolute Gasteiger partial charge is 0.480 e. The van der Waals surface area contributed by atoms with Crippen molar-refractivity contribution in [3.8, 4) is 0 Å². The Hall–Kier alpha value is -1.44. The van der Waals surface area contributed by atoms with Crippen LogP contribution in [0.1, 0.15) is 33.5 Å². The molecule has 0 aliphatic rings. The highest BCUT2D eigenvalue weighted by Crippen LogP contribution is 2.17. The second-order valence-electron chi connectivity index (χ2n) is 5.56. The van der Waals surface area contributed by atoms with Gasteiger partial charge in [-0.05, 0) is 11.8 Å². The molecule has 1 atom stereocenters. The van der Waals surface area contributed by atoms with E-state index >= 15 is 0 Å². The number of aliphatic carboxylic acids is 1. The molecule has 1 aromatic heterocycles. The van der Waals surface area contributed by atoms with Gasteiger partial charge in [0.05, 0.1) is 0 Å². The molecule has 0 amide bonds. The number of hydrogen-bond donors (Lipinski definition) is 1. The Morgan fingerprint density at radius 3 is 2.40 bits per heavy atom. The normalized spacial score (nSPS) is 13.9. The van der Waals surface area contributed by atoms with Crippen LogP contribution >= 0.6 is 0 Å². The molecule has 0 aliphatic heterocycles. The number of hydrogen-bond acceptors (Lipinski definition) is 5. The van der Waals surface area contributed by atoms with Gasteiger partial charge in [-0.2, -0.15) is 5.10 Å². The van der Waals surface area contributed by atoms with Crippen LogP contribution in [-0.4, -0.2) is 39.5 Å². The number of nitrogens with zero attached hydrogens (tertiary/aromatic N) is 3. The quantitative estimate of drug-likeness (QED) is 0.805. The van der Waals surface area contributed by atoms with Crippen molar-refractivity contribution >= 4 is 15.8 Å². The van der Waals surface area contributed by atoms with Crippen molar-refractivity contribution in [2.24, 2.45) is 11.8 Å². The van der Waals surface area contributed by atoms with Crippen molar-refractivity contribution in [1.82, 2.24) is 14.8 Å². The molecule has 20 heavy (non-hydrogen) atoms. The fourth-order valence-corrected chi connectivity index (χ4v) is 3.92. The van der Waals surface area contributed by atoms with Crippen LogP contribution in [0.2, 0.25) is 0 Å². The molecule has 0 bridgehead atoms. The third kappa shape index (κ3) is 4.03. The number of carboxylic acids is 1. The fraction of sp³-hybridized carbons (Fsp3) is 0.750. The van der Waals surface area contributed by atoms with Crippen molar-refractivity contribution in [2.75, 3.05) is 0 Å². The lowest BCUT2D eigenvalue weighted by molar-refractivity contribution is -0.137. The molecule has 7 nitrogen and oxygen atoms in total. The zero-order valence-electron chi connectivity index (χ0n) is 12.1. The smallest absolute Gasteiger partial charge is 0.322 e. The zero-order chi connectivity index (χ0) is 15.5. The topological polar surface area (TPSA) is 102 Å². The minimum atomic E-state index is -3.83. The first-order valence-electron chi connectivity index (χ1n) is 6.46. The molecule has 114 valence electrons. The average molecular weight is 303 g/mol. The van der Waals surface area contributed by atoms with Gasteiger partial charge >= 0.3 is 5.97 Å². The molecule has 1 unspecified atom stereocenters. The van der Waals surface area contributed by atoms with Gasteiger partial charge in [-0.1, -0.05) is 27.7 Å². The van der Waals surface area contributed by atoms with E-state index in [0.29, 0.717) is 12.5 Å². The van der Waals surface area contributed by atoms with Gasteiger partial charge in [0.15, 0.2) is 15.1 Å². The predicted octanol–water partition coefficient (Wildman–Crippen LogP) is 0.958. The van der Waals surface area contributed by atoms with E-state index in [2.05, 4.69) is 10.1 Å². The number of rotatable bonds is 7. The van der Waals surface area contributed by atoms with Crippen LogP contribution in [0.25, 0.3) is 0 Å². The molecule has 1 rings (SSSR count). The summed E-state index contributed by atoms with van der Waals surface area (Å²) >= 11 is 0. The minimum Gasteiger partial charge on any atom is -0.480 e. The van der Waals surface area contributed by atoms with Gasteiger partial charge in [-0.25, -0.2) is 18.1 Å². The summed E-state index contributed by atoms with van der Waals surface area (Å²) in [6.07, 6.45) is 1.29. The number of carboxylic acid groups (broad SMARTS) is 1. The molecule has 8 heteroatoms. The number of sulfone groups is 1. The van der Waals surface area contributed by atoms with Crippen molar-refractivity contribution in [3.05, 3.63) is 12.2 Å². The van der Waals surface area contributed by atoms with Gasteiger partial charge in [0.2, 0.25) is 0 Å². The second-order valence-corrected chi connectivity index (χ2v) is 7.68. The third-order valence-electron chi connectivity index (χ3n) is 2.80. The van der Waals surface area contributed by atoms with Crippen molar-refractivity contribution < 1.29 is 18.3 Å². The molecule has 0 fully saturated rings. The molecule has 1 N–H and O–H groups in total. The Labute approximate surface area is 118 Å². The van der Waals surface area contributed by atoms with E-state index in [0.717, 1.165) is 0 Å². The van der Waals surface area contributed by atoms with E-state index in [9.17, 15) is 13.2 Å². The first-order valence-corrected chi connectivity index (χ1v) is 8.17. The lowest BCUT2D eigenvalue weighted by Crippen LogP contribution is -2.36. The molecular formula is C12H21N3O4S. The van der Waals surface area contributed by atoms with E-state index < -0.39 is 32.7 Å². The maximum Gasteiger partial charge on any atom is 0.322 e. The van der Waals surface area contributed by atoms with Gasteiger partial charge in [-0.3, -0.25) is 4.79 Å². The van der Waals surface area contributed by atoms with E-state index in [1.54, 1.807) is 13.8 Å². The molecule has 1 heterocycles. The van der Waals surface area contributed by atoms with Crippen LogP contribution in [-0.2, 0) is 26.9 Å². The van der Waals surface area contributed by atoms with Crippen LogP contribution in [0, 0.1) is 11.8 Å². The van der Waals surface area contributed by atoms with Crippen molar-refractivity contribution in [3.63, 3.8) is 0 Å². The van der Waals surface area contributed by atoms with Crippen LogP contribution in [0.4, 0.5) is 0 Å². The van der Waals surface area contributed by atoms with Crippen LogP contribution in [0.3, 0.4) is 0 Å². The summed E-state index contributed by atoms with van der Waals surface area (Å²) in [5.74, 6) is -1.66. The lowest BCUT2D eigenvalue weighted by Gasteiger charge is -2.17. The van der Waals surface area contributed by atoms with Crippen molar-refractivity contribution in [1.29, 1.82) is 0 Å². The molecule has 0 spiro atoms. The Bertz CT molecular complexity index is 563. The lowest BCUT2D eigenvalue weighted by atomic mass is 10.1. The highest BCUT2D eigenvalue weighted by atomic mass is 32.2. The SMILES string of the molecule is CC(C)Cn1ncnc1CS(=O)(=O)C(C(=O)O)C(C)C. The summed E-state index contributed by atoms with van der Waals surface area (Å²) in [5, 5.41) is 11.7. The predicted molar refractivity (Wildman–Crippen MR) is 73.7 cm³/mol. The van der Waals surface area contributed by atoms with Gasteiger partial charge in [-0.15, -0.1) is 0 Å². The van der Waals surface area contributed by atoms with E-state index in [1.807, 2.05) is 13.8 Å². The van der Waals surface area contributed by atoms with Gasteiger partial charge in [0.25, 0.3) is 0 Å². The summed E-state index contributed by atoms with van der Waals surface area (Å²) in [7, 11) is -3.83. The van der Waals surface area contributed by atoms with Crippen LogP contribution in [0.15, 0.2) is 6.33 Å². The minimum absolute atomic E-state index is 0.283. The van der Waals surface area contributed by atoms with Crippen LogP contribution < -0.4 is 0 Å². The summed E-state index contributed by atoms with van der Waals surface area (Å²) in [4.78, 5) is 15.1. The summed E-state index contributed by atoms with van der Waals surface area (Å²) in [6, 6.07) is 0. The average Bonchev–Trinajstić information content (AvgIpc) is 2.61. The Kier molecular flexibility index (Phi) is 5.27. The Morgan fingerprint density at radius 2 is 1.95 bits per heavy atom. The van der Waals surface area contributed by atoms with E-state index in [4.69, 9.17) is 5.11 Å². The monoisotopic (exact) mass is 303 g/mol. The fourth-order valence-electron chi connectivity index (χ4n) is 2.02. The Morgan fingerprint density at radius 1 is 1.35 bits per heavy atom. The molecular weight excluding hydrogens is 282 g/mol. The molecule has 0 aliphatic carbocycles. The van der Waals surface area contributed by atoms with Gasteiger partial charge in [0, 0.05) is 6.54 Å². The molecule has 0 saturated heterocycles. The Balaban J connectivity index is 3.02. The van der Waals surface area contributed by atoms with E-state index in [-0.39, 0.29) is 5.82 Å². The number of aromatic nitrogens is 3. The van der Waals surface area contributed by atoms with Crippen molar-refractivity contribution in [2.45, 2.75) is 45.2 Å². The van der Waals surface area contributed by atoms with Crippen LogP contribution in [0.5, 0.6) is 0 Å². The summed E-state index contributed by atoms with van der Waals surface area (Å²) in [6.45, 7) is 7.66. The van der Waals surface area contributed by atoms with Gasteiger partial charge in [0.1, 0.15) is 17.9 Å². The summed E-state index contributed by atoms with van der Waals surface area (Å²) in [5.41, 5.74) is 0. The first-order chi connectivity index (χ1) is 9.15. The molecule has 0 saturated carbocycles. The highest BCUT2D eigenvalue weighted by molar-refractivity contribution is 7.92. The molecule has 1 aromatic rings. The maximum absolute atomic E-state index is 12.3. The zero-order valence-corrected chi connectivity index (χ0v) is 13.0. The second kappa shape index (κ2) is 6.34. The first kappa shape index (κ1) is 16.6. The highest BCUT2D eigenvalue weighted by Gasteiger charge is 2.36. The maximum atomic E-state index is 12.3. The molecule has 0 aromatic carbocycles. The third-order valence-corrected chi connectivity index (χ3v) is 4.98. The summed E-state index contributed by atoms with van der Waals surface area (Å²) < 4.78 is 26.0. The van der Waals surface area contributed by atoms with E-state index in [1.165, 1.54) is 11.0 Å².